The summed E-state index contributed by atoms with van der Waals surface area (Å²) in [7, 11) is 0. The number of ether oxygens (including phenoxy) is 1. The third kappa shape index (κ3) is 3.59. The lowest BCUT2D eigenvalue weighted by atomic mass is 10.0. The second-order valence-corrected chi connectivity index (χ2v) is 4.52. The van der Waals surface area contributed by atoms with E-state index in [0.717, 1.165) is 12.2 Å². The van der Waals surface area contributed by atoms with E-state index in [4.69, 9.17) is 4.74 Å². The number of rotatable bonds is 4. The molecule has 0 amide bonds. The zero-order valence-electron chi connectivity index (χ0n) is 10.3. The molecule has 0 saturated carbocycles. The van der Waals surface area contributed by atoms with Crippen LogP contribution in [0.1, 0.15) is 19.4 Å². The molecule has 1 aromatic heterocycles. The topological polar surface area (TPSA) is 22.1 Å². The molecule has 2 nitrogen and oxygen atoms in total. The van der Waals surface area contributed by atoms with Crippen LogP contribution in [0.5, 0.6) is 11.6 Å². The van der Waals surface area contributed by atoms with Gasteiger partial charge in [0.2, 0.25) is 5.88 Å². The van der Waals surface area contributed by atoms with E-state index in [2.05, 4.69) is 31.0 Å². The number of nitrogens with zero attached hydrogens (tertiary/aromatic N) is 1. The van der Waals surface area contributed by atoms with E-state index in [1.807, 2.05) is 30.3 Å². The Bertz CT molecular complexity index is 465. The Morgan fingerprint density at radius 1 is 1.12 bits per heavy atom. The maximum atomic E-state index is 5.69. The first-order chi connectivity index (χ1) is 8.24. The van der Waals surface area contributed by atoms with Crippen LogP contribution in [0.15, 0.2) is 48.7 Å². The Balaban J connectivity index is 2.11. The highest BCUT2D eigenvalue weighted by atomic mass is 16.5. The van der Waals surface area contributed by atoms with E-state index in [9.17, 15) is 0 Å². The number of hydrogen-bond donors (Lipinski definition) is 0. The van der Waals surface area contributed by atoms with Crippen molar-refractivity contribution in [3.63, 3.8) is 0 Å². The van der Waals surface area contributed by atoms with Crippen LogP contribution in [0, 0.1) is 5.92 Å². The zero-order chi connectivity index (χ0) is 12.1. The average Bonchev–Trinajstić information content (AvgIpc) is 2.30. The van der Waals surface area contributed by atoms with Gasteiger partial charge in [-0.3, -0.25) is 0 Å². The quantitative estimate of drug-likeness (QED) is 0.785. The predicted molar refractivity (Wildman–Crippen MR) is 69.3 cm³/mol. The van der Waals surface area contributed by atoms with Crippen LogP contribution in [0.25, 0.3) is 0 Å². The fourth-order valence-electron chi connectivity index (χ4n) is 1.74. The molecule has 0 bridgehead atoms. The van der Waals surface area contributed by atoms with Crippen molar-refractivity contribution in [2.24, 2.45) is 5.92 Å². The first kappa shape index (κ1) is 11.6. The van der Waals surface area contributed by atoms with Gasteiger partial charge in [-0.15, -0.1) is 0 Å². The Morgan fingerprint density at radius 2 is 2.00 bits per heavy atom. The van der Waals surface area contributed by atoms with Gasteiger partial charge in [-0.2, -0.15) is 0 Å². The lowest BCUT2D eigenvalue weighted by Gasteiger charge is -2.08. The Kier molecular flexibility index (Phi) is 3.76. The van der Waals surface area contributed by atoms with Crippen molar-refractivity contribution in [3.05, 3.63) is 54.2 Å². The molecule has 0 aliphatic heterocycles. The molecule has 0 fully saturated rings. The van der Waals surface area contributed by atoms with Gasteiger partial charge in [-0.05, 0) is 36.1 Å². The van der Waals surface area contributed by atoms with Crippen molar-refractivity contribution in [3.8, 4) is 11.6 Å². The maximum absolute atomic E-state index is 5.69. The molecule has 0 atom stereocenters. The molecule has 1 heterocycles. The fraction of sp³-hybridized carbons (Fsp3) is 0.267. The van der Waals surface area contributed by atoms with Gasteiger partial charge in [0.25, 0.3) is 0 Å². The van der Waals surface area contributed by atoms with E-state index in [-0.39, 0.29) is 0 Å². The van der Waals surface area contributed by atoms with E-state index >= 15 is 0 Å². The third-order valence-corrected chi connectivity index (χ3v) is 2.40. The largest absolute Gasteiger partial charge is 0.439 e. The molecule has 0 aliphatic carbocycles. The first-order valence-corrected chi connectivity index (χ1v) is 5.92. The number of benzene rings is 1. The average molecular weight is 227 g/mol. The highest BCUT2D eigenvalue weighted by molar-refractivity contribution is 5.31. The van der Waals surface area contributed by atoms with Gasteiger partial charge in [0.05, 0.1) is 0 Å². The van der Waals surface area contributed by atoms with Gasteiger partial charge in [0, 0.05) is 12.3 Å². The van der Waals surface area contributed by atoms with Crippen LogP contribution in [-0.4, -0.2) is 4.98 Å². The van der Waals surface area contributed by atoms with Crippen LogP contribution < -0.4 is 4.74 Å². The number of pyridine rings is 1. The maximum Gasteiger partial charge on any atom is 0.219 e. The van der Waals surface area contributed by atoms with Gasteiger partial charge in [0.1, 0.15) is 5.75 Å². The summed E-state index contributed by atoms with van der Waals surface area (Å²) in [5, 5.41) is 0. The molecule has 17 heavy (non-hydrogen) atoms. The number of hydrogen-bond acceptors (Lipinski definition) is 2. The molecule has 0 radical (unpaired) electrons. The summed E-state index contributed by atoms with van der Waals surface area (Å²) in [6, 6.07) is 13.8. The standard InChI is InChI=1S/C15H17NO/c1-12(2)10-13-6-5-7-14(11-13)17-15-8-3-4-9-16-15/h3-9,11-12H,10H2,1-2H3. The second kappa shape index (κ2) is 5.48. The summed E-state index contributed by atoms with van der Waals surface area (Å²) in [5.74, 6) is 2.14. The first-order valence-electron chi connectivity index (χ1n) is 5.92. The molecule has 2 heteroatoms. The Labute approximate surface area is 102 Å². The monoisotopic (exact) mass is 227 g/mol. The summed E-state index contributed by atoms with van der Waals surface area (Å²) in [4.78, 5) is 4.14. The molecule has 2 rings (SSSR count). The van der Waals surface area contributed by atoms with Crippen LogP contribution >= 0.6 is 0 Å². The van der Waals surface area contributed by atoms with E-state index in [1.54, 1.807) is 6.20 Å². The summed E-state index contributed by atoms with van der Waals surface area (Å²) in [6.07, 6.45) is 2.80. The van der Waals surface area contributed by atoms with Crippen molar-refractivity contribution < 1.29 is 4.74 Å². The minimum Gasteiger partial charge on any atom is -0.439 e. The fourth-order valence-corrected chi connectivity index (χ4v) is 1.74. The molecule has 2 aromatic rings. The predicted octanol–water partition coefficient (Wildman–Crippen LogP) is 4.07. The van der Waals surface area contributed by atoms with E-state index in [0.29, 0.717) is 11.8 Å². The smallest absolute Gasteiger partial charge is 0.219 e. The minimum absolute atomic E-state index is 0.634. The Hall–Kier alpha value is -1.83. The van der Waals surface area contributed by atoms with Crippen molar-refractivity contribution >= 4 is 0 Å². The lowest BCUT2D eigenvalue weighted by Crippen LogP contribution is -1.94. The molecule has 0 spiro atoms. The van der Waals surface area contributed by atoms with E-state index < -0.39 is 0 Å². The molecule has 1 aromatic carbocycles. The summed E-state index contributed by atoms with van der Waals surface area (Å²) in [6.45, 7) is 4.43. The van der Waals surface area contributed by atoms with E-state index in [1.165, 1.54) is 5.56 Å². The summed E-state index contributed by atoms with van der Waals surface area (Å²) >= 11 is 0. The third-order valence-electron chi connectivity index (χ3n) is 2.40. The normalized spacial score (nSPS) is 10.5. The highest BCUT2D eigenvalue weighted by Crippen LogP contribution is 2.21. The molecule has 88 valence electrons. The van der Waals surface area contributed by atoms with Gasteiger partial charge in [0.15, 0.2) is 0 Å². The highest BCUT2D eigenvalue weighted by Gasteiger charge is 2.01. The van der Waals surface area contributed by atoms with Gasteiger partial charge < -0.3 is 4.74 Å². The molecule has 0 aliphatic rings. The molecule has 0 saturated heterocycles. The van der Waals surface area contributed by atoms with Crippen molar-refractivity contribution in [1.82, 2.24) is 4.98 Å². The summed E-state index contributed by atoms with van der Waals surface area (Å²) < 4.78 is 5.69. The number of aromatic nitrogens is 1. The zero-order valence-corrected chi connectivity index (χ0v) is 10.3. The van der Waals surface area contributed by atoms with Crippen LogP contribution in [0.3, 0.4) is 0 Å². The van der Waals surface area contributed by atoms with Crippen molar-refractivity contribution in [2.45, 2.75) is 20.3 Å². The van der Waals surface area contributed by atoms with Gasteiger partial charge in [-0.25, -0.2) is 4.98 Å². The van der Waals surface area contributed by atoms with Crippen LogP contribution in [0.4, 0.5) is 0 Å². The van der Waals surface area contributed by atoms with Crippen molar-refractivity contribution in [1.29, 1.82) is 0 Å². The van der Waals surface area contributed by atoms with Crippen LogP contribution in [-0.2, 0) is 6.42 Å². The van der Waals surface area contributed by atoms with Crippen molar-refractivity contribution in [2.75, 3.05) is 0 Å². The molecular formula is C15H17NO. The Morgan fingerprint density at radius 3 is 2.71 bits per heavy atom. The SMILES string of the molecule is CC(C)Cc1cccc(Oc2ccccn2)c1. The summed E-state index contributed by atoms with van der Waals surface area (Å²) in [5.41, 5.74) is 1.30. The molecular weight excluding hydrogens is 210 g/mol. The minimum atomic E-state index is 0.634. The lowest BCUT2D eigenvalue weighted by molar-refractivity contribution is 0.462. The second-order valence-electron chi connectivity index (χ2n) is 4.52. The molecule has 0 unspecified atom stereocenters. The van der Waals surface area contributed by atoms with Gasteiger partial charge >= 0.3 is 0 Å². The molecule has 0 N–H and O–H groups in total. The van der Waals surface area contributed by atoms with Crippen LogP contribution in [0.2, 0.25) is 0 Å². The van der Waals surface area contributed by atoms with Gasteiger partial charge in [-0.1, -0.05) is 32.0 Å².